The van der Waals surface area contributed by atoms with E-state index < -0.39 is 6.10 Å². The molecule has 4 heteroatoms. The summed E-state index contributed by atoms with van der Waals surface area (Å²) in [7, 11) is 0. The fraction of sp³-hybridized carbons (Fsp3) is 0.500. The molecule has 0 aromatic carbocycles. The Labute approximate surface area is 83.7 Å². The van der Waals surface area contributed by atoms with Crippen molar-refractivity contribution in [3.05, 3.63) is 24.0 Å². The first-order valence-corrected chi connectivity index (χ1v) is 4.71. The molecular weight excluding hydrogens is 180 g/mol. The number of hydrogen-bond acceptors (Lipinski definition) is 4. The summed E-state index contributed by atoms with van der Waals surface area (Å²) >= 11 is 0. The van der Waals surface area contributed by atoms with Crippen LogP contribution in [0.1, 0.15) is 25.0 Å². The molecule has 0 spiro atoms. The van der Waals surface area contributed by atoms with E-state index >= 15 is 0 Å². The molecule has 0 bridgehead atoms. The summed E-state index contributed by atoms with van der Waals surface area (Å²) in [6, 6.07) is 1.67. The van der Waals surface area contributed by atoms with E-state index in [1.54, 1.807) is 18.5 Å². The Morgan fingerprint density at radius 2 is 2.43 bits per heavy atom. The molecule has 0 aliphatic heterocycles. The second kappa shape index (κ2) is 5.57. The summed E-state index contributed by atoms with van der Waals surface area (Å²) < 4.78 is 5.22. The zero-order valence-electron chi connectivity index (χ0n) is 8.31. The first-order valence-electron chi connectivity index (χ1n) is 4.71. The maximum Gasteiger partial charge on any atom is 0.106 e. The quantitative estimate of drug-likeness (QED) is 0.692. The largest absolute Gasteiger partial charge is 0.398 e. The van der Waals surface area contributed by atoms with Crippen LogP contribution in [0.3, 0.4) is 0 Å². The molecule has 0 fully saturated rings. The van der Waals surface area contributed by atoms with Gasteiger partial charge >= 0.3 is 0 Å². The average Bonchev–Trinajstić information content (AvgIpc) is 2.18. The van der Waals surface area contributed by atoms with Gasteiger partial charge in [0, 0.05) is 30.3 Å². The predicted molar refractivity (Wildman–Crippen MR) is 54.7 cm³/mol. The van der Waals surface area contributed by atoms with Crippen LogP contribution in [0.2, 0.25) is 0 Å². The molecule has 1 rings (SSSR count). The molecule has 0 amide bonds. The van der Waals surface area contributed by atoms with Crippen LogP contribution in [-0.2, 0) is 4.74 Å². The van der Waals surface area contributed by atoms with Crippen molar-refractivity contribution in [3.63, 3.8) is 0 Å². The number of hydrogen-bond donors (Lipinski definition) is 2. The lowest BCUT2D eigenvalue weighted by Crippen LogP contribution is -2.10. The molecule has 3 N–H and O–H groups in total. The highest BCUT2D eigenvalue weighted by Crippen LogP contribution is 2.18. The number of aliphatic hydroxyl groups is 1. The highest BCUT2D eigenvalue weighted by atomic mass is 16.5. The van der Waals surface area contributed by atoms with Crippen molar-refractivity contribution in [1.82, 2.24) is 4.98 Å². The van der Waals surface area contributed by atoms with Crippen LogP contribution in [0.5, 0.6) is 0 Å². The maximum absolute atomic E-state index is 9.68. The van der Waals surface area contributed by atoms with Crippen molar-refractivity contribution < 1.29 is 9.84 Å². The van der Waals surface area contributed by atoms with Gasteiger partial charge in [-0.2, -0.15) is 0 Å². The molecule has 1 aromatic heterocycles. The number of pyridine rings is 1. The van der Waals surface area contributed by atoms with Gasteiger partial charge < -0.3 is 15.6 Å². The van der Waals surface area contributed by atoms with Crippen LogP contribution < -0.4 is 5.73 Å². The Morgan fingerprint density at radius 1 is 1.64 bits per heavy atom. The van der Waals surface area contributed by atoms with Crippen LogP contribution in [0.15, 0.2) is 18.5 Å². The van der Waals surface area contributed by atoms with Gasteiger partial charge in [0.1, 0.15) is 6.10 Å². The van der Waals surface area contributed by atoms with Gasteiger partial charge in [0.05, 0.1) is 6.61 Å². The number of nitrogens with zero attached hydrogens (tertiary/aromatic N) is 1. The molecule has 0 aliphatic carbocycles. The molecule has 0 saturated carbocycles. The van der Waals surface area contributed by atoms with E-state index in [0.29, 0.717) is 17.9 Å². The van der Waals surface area contributed by atoms with Crippen molar-refractivity contribution in [2.24, 2.45) is 0 Å². The third-order valence-corrected chi connectivity index (χ3v) is 1.87. The number of aliphatic hydroxyl groups excluding tert-OH is 1. The van der Waals surface area contributed by atoms with Gasteiger partial charge in [-0.25, -0.2) is 0 Å². The van der Waals surface area contributed by atoms with Crippen molar-refractivity contribution in [1.29, 1.82) is 0 Å². The molecule has 0 saturated heterocycles. The van der Waals surface area contributed by atoms with Crippen LogP contribution in [0.4, 0.5) is 5.69 Å². The number of aromatic nitrogens is 1. The van der Waals surface area contributed by atoms with Crippen LogP contribution in [-0.4, -0.2) is 23.3 Å². The van der Waals surface area contributed by atoms with Gasteiger partial charge in [0.25, 0.3) is 0 Å². The van der Waals surface area contributed by atoms with E-state index in [4.69, 9.17) is 10.5 Å². The summed E-state index contributed by atoms with van der Waals surface area (Å²) in [6.45, 7) is 2.94. The highest BCUT2D eigenvalue weighted by molar-refractivity contribution is 5.45. The van der Waals surface area contributed by atoms with E-state index in [1.165, 1.54) is 0 Å². The minimum atomic E-state index is -0.685. The molecule has 0 aliphatic rings. The number of nitrogens with two attached hydrogens (primary N) is 1. The Kier molecular flexibility index (Phi) is 4.35. The Morgan fingerprint density at radius 3 is 3.07 bits per heavy atom. The van der Waals surface area contributed by atoms with Crippen LogP contribution in [0.25, 0.3) is 0 Å². The lowest BCUT2D eigenvalue weighted by molar-refractivity contribution is 0.0366. The zero-order chi connectivity index (χ0) is 10.4. The number of ether oxygens (including phenoxy) is 1. The summed E-state index contributed by atoms with van der Waals surface area (Å²) in [5.74, 6) is 0. The molecular formula is C10H16N2O2. The van der Waals surface area contributed by atoms with Gasteiger partial charge in [-0.3, -0.25) is 4.98 Å². The van der Waals surface area contributed by atoms with Crippen molar-refractivity contribution in [3.8, 4) is 0 Å². The van der Waals surface area contributed by atoms with Crippen molar-refractivity contribution in [2.75, 3.05) is 18.9 Å². The van der Waals surface area contributed by atoms with E-state index in [1.807, 2.05) is 6.92 Å². The SMILES string of the molecule is CCCOCC(O)c1cnccc1N. The van der Waals surface area contributed by atoms with E-state index in [9.17, 15) is 5.11 Å². The number of anilines is 1. The fourth-order valence-electron chi connectivity index (χ4n) is 1.12. The first kappa shape index (κ1) is 10.9. The minimum Gasteiger partial charge on any atom is -0.398 e. The average molecular weight is 196 g/mol. The summed E-state index contributed by atoms with van der Waals surface area (Å²) in [5.41, 5.74) is 6.85. The first-order chi connectivity index (χ1) is 6.75. The highest BCUT2D eigenvalue weighted by Gasteiger charge is 2.10. The van der Waals surface area contributed by atoms with Crippen molar-refractivity contribution >= 4 is 5.69 Å². The predicted octanol–water partition coefficient (Wildman–Crippen LogP) is 1.12. The van der Waals surface area contributed by atoms with E-state index in [-0.39, 0.29) is 6.61 Å². The molecule has 1 atom stereocenters. The Bertz CT molecular complexity index is 279. The van der Waals surface area contributed by atoms with Gasteiger partial charge in [-0.15, -0.1) is 0 Å². The maximum atomic E-state index is 9.68. The lowest BCUT2D eigenvalue weighted by Gasteiger charge is -2.12. The molecule has 4 nitrogen and oxygen atoms in total. The van der Waals surface area contributed by atoms with E-state index in [0.717, 1.165) is 6.42 Å². The third kappa shape index (κ3) is 2.97. The summed E-state index contributed by atoms with van der Waals surface area (Å²) in [6.07, 6.45) is 3.42. The van der Waals surface area contributed by atoms with Gasteiger partial charge in [0.15, 0.2) is 0 Å². The topological polar surface area (TPSA) is 68.4 Å². The van der Waals surface area contributed by atoms with E-state index in [2.05, 4.69) is 4.98 Å². The zero-order valence-corrected chi connectivity index (χ0v) is 8.31. The number of rotatable bonds is 5. The Hall–Kier alpha value is -1.13. The minimum absolute atomic E-state index is 0.268. The smallest absolute Gasteiger partial charge is 0.106 e. The molecule has 1 aromatic rings. The number of nitrogen functional groups attached to an aromatic ring is 1. The van der Waals surface area contributed by atoms with Gasteiger partial charge in [-0.1, -0.05) is 6.92 Å². The Balaban J connectivity index is 2.51. The third-order valence-electron chi connectivity index (χ3n) is 1.87. The summed E-state index contributed by atoms with van der Waals surface area (Å²) in [4.78, 5) is 3.90. The molecule has 0 radical (unpaired) electrons. The van der Waals surface area contributed by atoms with Gasteiger partial charge in [-0.05, 0) is 12.5 Å². The lowest BCUT2D eigenvalue weighted by atomic mass is 10.1. The molecule has 78 valence electrons. The van der Waals surface area contributed by atoms with Crippen LogP contribution in [0, 0.1) is 0 Å². The van der Waals surface area contributed by atoms with Crippen molar-refractivity contribution in [2.45, 2.75) is 19.4 Å². The fourth-order valence-corrected chi connectivity index (χ4v) is 1.12. The molecule has 1 heterocycles. The van der Waals surface area contributed by atoms with Gasteiger partial charge in [0.2, 0.25) is 0 Å². The van der Waals surface area contributed by atoms with Crippen LogP contribution >= 0.6 is 0 Å². The second-order valence-corrected chi connectivity index (χ2v) is 3.10. The second-order valence-electron chi connectivity index (χ2n) is 3.10. The summed E-state index contributed by atoms with van der Waals surface area (Å²) in [5, 5.41) is 9.68. The normalized spacial score (nSPS) is 12.7. The standard InChI is InChI=1S/C10H16N2O2/c1-2-5-14-7-10(13)8-6-12-4-3-9(8)11/h3-4,6,10,13H,2,5,7H2,1H3,(H2,11,12). The monoisotopic (exact) mass is 196 g/mol. The molecule has 1 unspecified atom stereocenters. The molecule has 14 heavy (non-hydrogen) atoms.